The fraction of sp³-hybridized carbons (Fsp3) is 0.576. The monoisotopic (exact) mass is 716 g/mol. The third-order valence-electron chi connectivity index (χ3n) is 8.57. The van der Waals surface area contributed by atoms with Crippen LogP contribution in [0.5, 0.6) is 5.88 Å². The number of hydrogen-bond donors (Lipinski definition) is 3. The summed E-state index contributed by atoms with van der Waals surface area (Å²) in [6.45, 7) is 14.1. The molecule has 2 saturated carbocycles. The molecular weight excluding hydrogens is 673 g/mol. The van der Waals surface area contributed by atoms with Crippen LogP contribution in [0.3, 0.4) is 0 Å². The number of thiophene rings is 1. The number of rotatable bonds is 11. The van der Waals surface area contributed by atoms with Crippen molar-refractivity contribution >= 4 is 45.2 Å². The number of sulfonamides is 1. The SMILES string of the molecule is C=CC1CC1(NC(=O)C1CC(Oc2cc(-c3cccs3)ncn2)CN1C(=O)C(NC(=O)OC(C)(C)C)C(C)(C)C)C(=O)NS(=O)(=O)C1CC1. The first-order chi connectivity index (χ1) is 22.8. The Morgan fingerprint density at radius 1 is 1.14 bits per heavy atom. The van der Waals surface area contributed by atoms with Crippen molar-refractivity contribution in [3.63, 3.8) is 0 Å². The van der Waals surface area contributed by atoms with E-state index in [9.17, 15) is 27.6 Å². The minimum atomic E-state index is -3.89. The van der Waals surface area contributed by atoms with E-state index in [0.717, 1.165) is 4.88 Å². The fourth-order valence-electron chi connectivity index (χ4n) is 5.77. The third-order valence-corrected chi connectivity index (χ3v) is 11.3. The Labute approximate surface area is 290 Å². The summed E-state index contributed by atoms with van der Waals surface area (Å²) in [5, 5.41) is 6.73. The summed E-state index contributed by atoms with van der Waals surface area (Å²) >= 11 is 1.50. The van der Waals surface area contributed by atoms with Gasteiger partial charge in [-0.05, 0) is 56.9 Å². The second-order valence-corrected chi connectivity index (χ2v) is 17.7. The number of nitrogens with one attached hydrogen (secondary N) is 3. The van der Waals surface area contributed by atoms with Crippen molar-refractivity contribution in [2.24, 2.45) is 11.3 Å². The topological polar surface area (TPSA) is 186 Å². The Bertz CT molecular complexity index is 1710. The number of hydrogen-bond acceptors (Lipinski definition) is 11. The molecule has 0 spiro atoms. The van der Waals surface area contributed by atoms with E-state index >= 15 is 0 Å². The van der Waals surface area contributed by atoms with Gasteiger partial charge in [0.15, 0.2) is 0 Å². The molecule has 266 valence electrons. The van der Waals surface area contributed by atoms with Gasteiger partial charge in [0, 0.05) is 18.4 Å². The van der Waals surface area contributed by atoms with Gasteiger partial charge in [0.1, 0.15) is 35.7 Å². The minimum Gasteiger partial charge on any atom is -0.472 e. The molecule has 3 N–H and O–H groups in total. The lowest BCUT2D eigenvalue weighted by Crippen LogP contribution is -2.60. The van der Waals surface area contributed by atoms with E-state index < -0.39 is 79.7 Å². The van der Waals surface area contributed by atoms with Crippen molar-refractivity contribution in [1.29, 1.82) is 0 Å². The summed E-state index contributed by atoms with van der Waals surface area (Å²) in [5.74, 6) is -2.35. The van der Waals surface area contributed by atoms with Gasteiger partial charge in [-0.2, -0.15) is 0 Å². The van der Waals surface area contributed by atoms with Crippen LogP contribution in [0.2, 0.25) is 0 Å². The molecule has 2 aliphatic carbocycles. The predicted octanol–water partition coefficient (Wildman–Crippen LogP) is 3.16. The maximum Gasteiger partial charge on any atom is 0.408 e. The number of nitrogens with zero attached hydrogens (tertiary/aromatic N) is 3. The Kier molecular flexibility index (Phi) is 9.87. The van der Waals surface area contributed by atoms with E-state index in [1.165, 1.54) is 28.6 Å². The highest BCUT2D eigenvalue weighted by atomic mass is 32.2. The molecule has 16 heteroatoms. The van der Waals surface area contributed by atoms with E-state index in [-0.39, 0.29) is 25.3 Å². The maximum absolute atomic E-state index is 14.3. The van der Waals surface area contributed by atoms with Crippen LogP contribution in [-0.4, -0.2) is 88.2 Å². The minimum absolute atomic E-state index is 0.0238. The Balaban J connectivity index is 1.41. The van der Waals surface area contributed by atoms with Crippen LogP contribution in [0, 0.1) is 11.3 Å². The van der Waals surface area contributed by atoms with E-state index in [1.54, 1.807) is 47.6 Å². The van der Waals surface area contributed by atoms with Gasteiger partial charge in [-0.1, -0.05) is 32.9 Å². The summed E-state index contributed by atoms with van der Waals surface area (Å²) in [4.78, 5) is 65.5. The number of alkyl carbamates (subject to hydrolysis) is 1. The van der Waals surface area contributed by atoms with Gasteiger partial charge in [-0.25, -0.2) is 23.2 Å². The van der Waals surface area contributed by atoms with Gasteiger partial charge in [0.2, 0.25) is 27.7 Å². The van der Waals surface area contributed by atoms with Crippen molar-refractivity contribution in [3.05, 3.63) is 42.6 Å². The molecule has 5 atom stereocenters. The Morgan fingerprint density at radius 3 is 2.43 bits per heavy atom. The predicted molar refractivity (Wildman–Crippen MR) is 182 cm³/mol. The molecule has 3 fully saturated rings. The van der Waals surface area contributed by atoms with Gasteiger partial charge in [-0.3, -0.25) is 19.1 Å². The van der Waals surface area contributed by atoms with Crippen LogP contribution >= 0.6 is 11.3 Å². The largest absolute Gasteiger partial charge is 0.472 e. The quantitative estimate of drug-likeness (QED) is 0.292. The average molecular weight is 717 g/mol. The van der Waals surface area contributed by atoms with Gasteiger partial charge < -0.3 is 25.0 Å². The third kappa shape index (κ3) is 8.40. The van der Waals surface area contributed by atoms with Crippen molar-refractivity contribution in [3.8, 4) is 16.5 Å². The Morgan fingerprint density at radius 2 is 1.86 bits per heavy atom. The van der Waals surface area contributed by atoms with Crippen molar-refractivity contribution in [2.45, 2.75) is 102 Å². The summed E-state index contributed by atoms with van der Waals surface area (Å²) in [7, 11) is -3.89. The zero-order valence-electron chi connectivity index (χ0n) is 28.5. The first-order valence-electron chi connectivity index (χ1n) is 16.2. The molecule has 5 unspecified atom stereocenters. The fourth-order valence-corrected chi connectivity index (χ4v) is 7.82. The van der Waals surface area contributed by atoms with E-state index in [4.69, 9.17) is 9.47 Å². The summed E-state index contributed by atoms with van der Waals surface area (Å²) in [6, 6.07) is 3.23. The molecule has 14 nitrogen and oxygen atoms in total. The molecule has 1 saturated heterocycles. The second-order valence-electron chi connectivity index (χ2n) is 14.8. The number of aromatic nitrogens is 2. The zero-order valence-corrected chi connectivity index (χ0v) is 30.2. The van der Waals surface area contributed by atoms with Gasteiger partial charge >= 0.3 is 6.09 Å². The van der Waals surface area contributed by atoms with Crippen LogP contribution in [0.15, 0.2) is 42.6 Å². The number of likely N-dealkylation sites (tertiary alicyclic amines) is 1. The summed E-state index contributed by atoms with van der Waals surface area (Å²) < 4.78 is 39.0. The number of ether oxygens (including phenoxy) is 2. The molecule has 2 aromatic heterocycles. The smallest absolute Gasteiger partial charge is 0.408 e. The lowest BCUT2D eigenvalue weighted by molar-refractivity contribution is -0.143. The zero-order chi connectivity index (χ0) is 35.9. The van der Waals surface area contributed by atoms with E-state index in [1.807, 2.05) is 17.5 Å². The van der Waals surface area contributed by atoms with Crippen LogP contribution in [0.4, 0.5) is 4.79 Å². The maximum atomic E-state index is 14.3. The second kappa shape index (κ2) is 13.3. The van der Waals surface area contributed by atoms with E-state index in [0.29, 0.717) is 18.5 Å². The highest BCUT2D eigenvalue weighted by molar-refractivity contribution is 7.91. The standard InChI is InChI=1S/C33H44N6O8S2/c1-8-19-16-33(19,29(42)38-49(44,45)21-11-12-21)37-27(40)23-14-20(46-25-15-22(34-18-35-25)24-10-9-13-48-24)17-39(23)28(41)26(31(2,3)4)36-30(43)47-32(5,6)7/h8-10,13,15,18-21,23,26H,1,11-12,14,16-17H2,2-7H3,(H,36,43)(H,37,40)(H,38,42). The van der Waals surface area contributed by atoms with Gasteiger partial charge in [0.25, 0.3) is 5.91 Å². The molecular formula is C33H44N6O8S2. The highest BCUT2D eigenvalue weighted by Gasteiger charge is 2.62. The first kappa shape index (κ1) is 36.2. The molecule has 5 rings (SSSR count). The lowest BCUT2D eigenvalue weighted by Gasteiger charge is -2.36. The summed E-state index contributed by atoms with van der Waals surface area (Å²) in [5.41, 5.74) is -2.53. The van der Waals surface area contributed by atoms with Gasteiger partial charge in [0.05, 0.1) is 22.4 Å². The molecule has 49 heavy (non-hydrogen) atoms. The summed E-state index contributed by atoms with van der Waals surface area (Å²) in [6.07, 6.45) is 2.45. The molecule has 3 heterocycles. The van der Waals surface area contributed by atoms with Crippen LogP contribution in [0.1, 0.15) is 67.2 Å². The molecule has 4 amide bonds. The molecule has 0 radical (unpaired) electrons. The Hall–Kier alpha value is -4.05. The van der Waals surface area contributed by atoms with E-state index in [2.05, 4.69) is 31.9 Å². The van der Waals surface area contributed by atoms with Crippen molar-refractivity contribution in [2.75, 3.05) is 6.54 Å². The van der Waals surface area contributed by atoms with Crippen LogP contribution in [-0.2, 0) is 29.1 Å². The molecule has 1 aliphatic heterocycles. The van der Waals surface area contributed by atoms with Crippen LogP contribution in [0.25, 0.3) is 10.6 Å². The first-order valence-corrected chi connectivity index (χ1v) is 18.6. The number of amides is 4. The highest BCUT2D eigenvalue weighted by Crippen LogP contribution is 2.45. The molecule has 2 aromatic rings. The average Bonchev–Trinajstić information content (AvgIpc) is 3.87. The normalized spacial score (nSPS) is 24.4. The lowest BCUT2D eigenvalue weighted by atomic mass is 9.85. The number of carbonyl (C=O) groups is 4. The number of carbonyl (C=O) groups excluding carboxylic acids is 4. The molecule has 3 aliphatic rings. The van der Waals surface area contributed by atoms with Crippen molar-refractivity contribution < 1.29 is 37.1 Å². The van der Waals surface area contributed by atoms with Crippen molar-refractivity contribution in [1.82, 2.24) is 30.2 Å². The van der Waals surface area contributed by atoms with Gasteiger partial charge in [-0.15, -0.1) is 17.9 Å². The molecule has 0 bridgehead atoms. The molecule has 0 aromatic carbocycles. The van der Waals surface area contributed by atoms with Crippen LogP contribution < -0.4 is 20.1 Å².